The van der Waals surface area contributed by atoms with Gasteiger partial charge in [-0.15, -0.1) is 0 Å². The third kappa shape index (κ3) is 5.78. The summed E-state index contributed by atoms with van der Waals surface area (Å²) in [5.41, 5.74) is 2.22. The number of hydrogen-bond donors (Lipinski definition) is 2. The first-order valence-electron chi connectivity index (χ1n) is 11.4. The van der Waals surface area contributed by atoms with Crippen molar-refractivity contribution in [2.75, 3.05) is 37.4 Å². The lowest BCUT2D eigenvalue weighted by Crippen LogP contribution is -2.45. The molecule has 0 fully saturated rings. The van der Waals surface area contributed by atoms with Gasteiger partial charge in [-0.05, 0) is 49.9 Å². The van der Waals surface area contributed by atoms with E-state index < -0.39 is 22.1 Å². The minimum Gasteiger partial charge on any atom is -0.359 e. The normalized spacial score (nSPS) is 18.7. The summed E-state index contributed by atoms with van der Waals surface area (Å²) in [6, 6.07) is 5.94. The van der Waals surface area contributed by atoms with E-state index >= 15 is 0 Å². The van der Waals surface area contributed by atoms with Crippen molar-refractivity contribution in [3.63, 3.8) is 0 Å². The molecule has 0 aliphatic carbocycles. The Hall–Kier alpha value is -3.19. The molecule has 13 heteroatoms. The van der Waals surface area contributed by atoms with Crippen LogP contribution in [0, 0.1) is 5.92 Å². The zero-order valence-electron chi connectivity index (χ0n) is 20.0. The number of halogens is 3. The van der Waals surface area contributed by atoms with Crippen LogP contribution in [0.15, 0.2) is 46.4 Å². The number of rotatable bonds is 4. The first-order chi connectivity index (χ1) is 16.9. The van der Waals surface area contributed by atoms with Gasteiger partial charge in [0.2, 0.25) is 16.0 Å². The Morgan fingerprint density at radius 3 is 2.47 bits per heavy atom. The van der Waals surface area contributed by atoms with Gasteiger partial charge in [-0.3, -0.25) is 0 Å². The molecule has 0 saturated heterocycles. The van der Waals surface area contributed by atoms with E-state index in [2.05, 4.69) is 15.3 Å². The van der Waals surface area contributed by atoms with Gasteiger partial charge in [0.15, 0.2) is 0 Å². The number of nitrogens with two attached hydrogens (primary N) is 1. The molecule has 3 heterocycles. The van der Waals surface area contributed by atoms with Crippen LogP contribution in [-0.4, -0.2) is 62.5 Å². The zero-order valence-corrected chi connectivity index (χ0v) is 20.8. The van der Waals surface area contributed by atoms with Crippen molar-refractivity contribution in [2.45, 2.75) is 36.8 Å². The second-order valence-electron chi connectivity index (χ2n) is 8.93. The topological polar surface area (TPSA) is 117 Å². The van der Waals surface area contributed by atoms with E-state index in [1.54, 1.807) is 21.9 Å². The summed E-state index contributed by atoms with van der Waals surface area (Å²) >= 11 is 0. The minimum absolute atomic E-state index is 0.0165. The van der Waals surface area contributed by atoms with E-state index in [0.717, 1.165) is 11.3 Å². The summed E-state index contributed by atoms with van der Waals surface area (Å²) in [5.74, 6) is -0.559. The fourth-order valence-corrected chi connectivity index (χ4v) is 4.80. The average molecular weight is 524 g/mol. The summed E-state index contributed by atoms with van der Waals surface area (Å²) in [4.78, 5) is 16.9. The number of anilines is 3. The summed E-state index contributed by atoms with van der Waals surface area (Å²) in [5, 5.41) is 8.41. The molecule has 194 valence electrons. The number of sulfonamides is 1. The standard InChI is InChI=1S/C23H28F3N7O2S/c1-32(2)22-30-19-6-4-13-33(21-18(23(24,25)26)5-3-12-28-21)14-11-17(19)20(31-22)29-15-7-9-16(10-8-15)36(27,34)35/h3,7-10,12,18H,4-6,11,13-14H2,1-2H3,(H2,27,34,35)(H,29,30,31). The Balaban J connectivity index is 1.65. The molecule has 4 rings (SSSR count). The van der Waals surface area contributed by atoms with Crippen LogP contribution in [-0.2, 0) is 22.9 Å². The van der Waals surface area contributed by atoms with Crippen molar-refractivity contribution >= 4 is 33.3 Å². The molecular formula is C23H28F3N7O2S. The summed E-state index contributed by atoms with van der Waals surface area (Å²) in [6.07, 6.45) is -0.0278. The van der Waals surface area contributed by atoms with E-state index in [-0.39, 0.29) is 17.2 Å². The highest BCUT2D eigenvalue weighted by Gasteiger charge is 2.44. The first kappa shape index (κ1) is 25.9. The molecule has 36 heavy (non-hydrogen) atoms. The molecule has 1 aromatic heterocycles. The molecule has 1 atom stereocenters. The molecule has 0 bridgehead atoms. The fourth-order valence-electron chi connectivity index (χ4n) is 4.28. The van der Waals surface area contributed by atoms with Crippen LogP contribution >= 0.6 is 0 Å². The van der Waals surface area contributed by atoms with Gasteiger partial charge < -0.3 is 15.1 Å². The fraction of sp³-hybridized carbons (Fsp3) is 0.435. The van der Waals surface area contributed by atoms with Gasteiger partial charge in [-0.2, -0.15) is 18.2 Å². The predicted molar refractivity (Wildman–Crippen MR) is 132 cm³/mol. The van der Waals surface area contributed by atoms with Gasteiger partial charge in [0.1, 0.15) is 17.6 Å². The van der Waals surface area contributed by atoms with Crippen molar-refractivity contribution in [3.8, 4) is 0 Å². The van der Waals surface area contributed by atoms with Crippen molar-refractivity contribution < 1.29 is 21.6 Å². The maximum absolute atomic E-state index is 13.7. The molecule has 0 amide bonds. The number of hydrogen-bond acceptors (Lipinski definition) is 8. The van der Waals surface area contributed by atoms with Crippen molar-refractivity contribution in [3.05, 3.63) is 47.8 Å². The van der Waals surface area contributed by atoms with E-state index in [1.165, 1.54) is 24.4 Å². The van der Waals surface area contributed by atoms with Crippen molar-refractivity contribution in [1.82, 2.24) is 14.9 Å². The number of alkyl halides is 3. The highest BCUT2D eigenvalue weighted by Crippen LogP contribution is 2.34. The Labute approximate surface area is 208 Å². The first-order valence-corrected chi connectivity index (χ1v) is 13.0. The number of nitrogens with zero attached hydrogens (tertiary/aromatic N) is 5. The predicted octanol–water partition coefficient (Wildman–Crippen LogP) is 3.22. The molecule has 0 saturated carbocycles. The van der Waals surface area contributed by atoms with Crippen molar-refractivity contribution in [2.24, 2.45) is 16.0 Å². The Morgan fingerprint density at radius 1 is 1.11 bits per heavy atom. The van der Waals surface area contributed by atoms with E-state index in [9.17, 15) is 21.6 Å². The molecular weight excluding hydrogens is 495 g/mol. The Bertz CT molecular complexity index is 1280. The van der Waals surface area contributed by atoms with Crippen LogP contribution in [0.2, 0.25) is 0 Å². The van der Waals surface area contributed by atoms with Crippen molar-refractivity contribution in [1.29, 1.82) is 0 Å². The van der Waals surface area contributed by atoms with Crippen LogP contribution in [0.5, 0.6) is 0 Å². The highest BCUT2D eigenvalue weighted by molar-refractivity contribution is 7.89. The van der Waals surface area contributed by atoms with Gasteiger partial charge >= 0.3 is 6.18 Å². The van der Waals surface area contributed by atoms with Gasteiger partial charge in [0.05, 0.1) is 10.6 Å². The van der Waals surface area contributed by atoms with Crippen LogP contribution in [0.1, 0.15) is 24.1 Å². The lowest BCUT2D eigenvalue weighted by atomic mass is 9.98. The number of fused-ring (bicyclic) bond motifs is 1. The molecule has 2 aliphatic rings. The molecule has 2 aromatic rings. The maximum atomic E-state index is 13.7. The number of allylic oxidation sites excluding steroid dienone is 1. The number of nitrogens with one attached hydrogen (secondary N) is 1. The number of benzene rings is 1. The Morgan fingerprint density at radius 2 is 1.83 bits per heavy atom. The molecule has 3 N–H and O–H groups in total. The van der Waals surface area contributed by atoms with E-state index in [4.69, 9.17) is 10.1 Å². The third-order valence-electron chi connectivity index (χ3n) is 6.11. The smallest absolute Gasteiger partial charge is 0.359 e. The largest absolute Gasteiger partial charge is 0.399 e. The van der Waals surface area contributed by atoms with E-state index in [0.29, 0.717) is 49.8 Å². The number of amidine groups is 1. The summed E-state index contributed by atoms with van der Waals surface area (Å²) < 4.78 is 64.2. The molecule has 0 radical (unpaired) electrons. The zero-order chi connectivity index (χ0) is 26.1. The summed E-state index contributed by atoms with van der Waals surface area (Å²) in [7, 11) is -0.182. The molecule has 2 aliphatic heterocycles. The van der Waals surface area contributed by atoms with Gasteiger partial charge in [-0.25, -0.2) is 23.5 Å². The second-order valence-corrected chi connectivity index (χ2v) is 10.5. The number of aryl methyl sites for hydroxylation is 1. The van der Waals surface area contributed by atoms with Gasteiger partial charge in [0, 0.05) is 44.6 Å². The van der Waals surface area contributed by atoms with Gasteiger partial charge in [-0.1, -0.05) is 6.08 Å². The SMILES string of the molecule is CN(C)c1nc2c(c(Nc3ccc(S(N)(=O)=O)cc3)n1)CCN(C1=NC=CCC1C(F)(F)F)CCC2. The average Bonchev–Trinajstić information content (AvgIpc) is 2.79. The van der Waals surface area contributed by atoms with Crippen LogP contribution in [0.3, 0.4) is 0 Å². The van der Waals surface area contributed by atoms with Crippen LogP contribution < -0.4 is 15.4 Å². The molecule has 1 unspecified atom stereocenters. The second kappa shape index (κ2) is 10.1. The Kier molecular flexibility index (Phi) is 7.23. The number of aliphatic imine (C=N–C) groups is 1. The lowest BCUT2D eigenvalue weighted by molar-refractivity contribution is -0.156. The highest BCUT2D eigenvalue weighted by atomic mass is 32.2. The number of aromatic nitrogens is 2. The maximum Gasteiger partial charge on any atom is 0.399 e. The molecule has 9 nitrogen and oxygen atoms in total. The molecule has 1 aromatic carbocycles. The monoisotopic (exact) mass is 523 g/mol. The van der Waals surface area contributed by atoms with E-state index in [1.807, 2.05) is 14.1 Å². The van der Waals surface area contributed by atoms with Crippen LogP contribution in [0.25, 0.3) is 0 Å². The quantitative estimate of drug-likeness (QED) is 0.632. The minimum atomic E-state index is -4.37. The lowest BCUT2D eigenvalue weighted by Gasteiger charge is -2.34. The number of primary sulfonamides is 1. The third-order valence-corrected chi connectivity index (χ3v) is 7.04. The molecule has 0 spiro atoms. The summed E-state index contributed by atoms with van der Waals surface area (Å²) in [6.45, 7) is 0.772. The van der Waals surface area contributed by atoms with Gasteiger partial charge in [0.25, 0.3) is 0 Å². The van der Waals surface area contributed by atoms with Crippen LogP contribution in [0.4, 0.5) is 30.6 Å².